The van der Waals surface area contributed by atoms with Crippen LogP contribution in [0.15, 0.2) is 11.6 Å². The van der Waals surface area contributed by atoms with E-state index in [1.165, 1.54) is 49.4 Å². The third-order valence-electron chi connectivity index (χ3n) is 12.1. The van der Waals surface area contributed by atoms with Crippen LogP contribution in [0.1, 0.15) is 120 Å². The first-order valence-electron chi connectivity index (χ1n) is 14.1. The molecule has 35 heavy (non-hydrogen) atoms. The maximum atomic E-state index is 12.8. The number of carbonyl (C=O) groups excluding carboxylic acids is 1. The van der Waals surface area contributed by atoms with Crippen molar-refractivity contribution < 1.29 is 14.4 Å². The number of halogens is 1. The smallest absolute Gasteiger partial charge is 0.138 e. The van der Waals surface area contributed by atoms with E-state index in [1.807, 2.05) is 0 Å². The quantitative estimate of drug-likeness (QED) is 0.229. The van der Waals surface area contributed by atoms with Crippen molar-refractivity contribution in [1.29, 1.82) is 0 Å². The average molecular weight is 510 g/mol. The maximum absolute atomic E-state index is 12.8. The first kappa shape index (κ1) is 29.2. The molecule has 4 aliphatic carbocycles. The number of hydrogen-bond donors (Lipinski definition) is 2. The largest absolute Gasteiger partial charge is 0.390 e. The zero-order valence-corrected chi connectivity index (χ0v) is 24.9. The number of allylic oxidation sites excluding steroid dienone is 2. The van der Waals surface area contributed by atoms with Crippen LogP contribution in [0.4, 0.5) is 4.48 Å². The Kier molecular flexibility index (Phi) is 8.44. The zero-order chi connectivity index (χ0) is 26.4. The topological polar surface area (TPSA) is 49.3 Å². The van der Waals surface area contributed by atoms with Crippen molar-refractivity contribution in [2.75, 3.05) is 0 Å². The van der Waals surface area contributed by atoms with Crippen molar-refractivity contribution >= 4 is 15.2 Å². The molecular formula is C30H53FNO2P. The van der Waals surface area contributed by atoms with Gasteiger partial charge in [-0.1, -0.05) is 46.3 Å². The Morgan fingerprint density at radius 1 is 1.06 bits per heavy atom. The fourth-order valence-electron chi connectivity index (χ4n) is 10.1. The molecule has 0 bridgehead atoms. The first-order valence-corrected chi connectivity index (χ1v) is 14.6. The Labute approximate surface area is 217 Å². The van der Waals surface area contributed by atoms with E-state index < -0.39 is 5.60 Å². The van der Waals surface area contributed by atoms with Gasteiger partial charge in [0.25, 0.3) is 0 Å². The van der Waals surface area contributed by atoms with Gasteiger partial charge >= 0.3 is 0 Å². The molecule has 0 saturated heterocycles. The van der Waals surface area contributed by atoms with E-state index in [4.69, 9.17) is 0 Å². The summed E-state index contributed by atoms with van der Waals surface area (Å²) in [7, 11) is 1.66. The fourth-order valence-corrected chi connectivity index (χ4v) is 10.1. The van der Waals surface area contributed by atoms with Gasteiger partial charge in [0, 0.05) is 11.8 Å². The Bertz CT molecular complexity index is 821. The highest BCUT2D eigenvalue weighted by Gasteiger charge is 2.69. The summed E-state index contributed by atoms with van der Waals surface area (Å²) in [5, 5.41) is 12.8. The van der Waals surface area contributed by atoms with Gasteiger partial charge < -0.3 is 5.11 Å². The second-order valence-corrected chi connectivity index (χ2v) is 14.5. The van der Waals surface area contributed by atoms with Crippen molar-refractivity contribution in [2.24, 2.45) is 45.3 Å². The number of nitrogens with one attached hydrogen (secondary N) is 1. The molecule has 9 atom stereocenters. The van der Waals surface area contributed by atoms with Gasteiger partial charge in [0.2, 0.25) is 0 Å². The number of Topliss-reactive ketones (excluding diaryl/α,β-unsaturated/α-hetero) is 1. The predicted molar refractivity (Wildman–Crippen MR) is 147 cm³/mol. The minimum atomic E-state index is -0.572. The normalized spacial score (nSPS) is 43.6. The van der Waals surface area contributed by atoms with Crippen LogP contribution in [0.5, 0.6) is 0 Å². The second kappa shape index (κ2) is 10.1. The van der Waals surface area contributed by atoms with Crippen LogP contribution >= 0.6 is 9.39 Å². The number of aliphatic hydroxyl groups is 1. The summed E-state index contributed by atoms with van der Waals surface area (Å²) in [6.07, 6.45) is 13.5. The SMILES string of the molecule is CC(C)=CCC[C@](C)(O)[C@H]1CC[C@]2(C)C1CCC1[C@@]3(C)CCC(=O)C(C)(C)C3CC[C@]12C.FNP. The number of ketones is 1. The lowest BCUT2D eigenvalue weighted by Crippen LogP contribution is -2.63. The van der Waals surface area contributed by atoms with E-state index in [-0.39, 0.29) is 10.8 Å². The minimum absolute atomic E-state index is 0.168. The van der Waals surface area contributed by atoms with Gasteiger partial charge in [0.05, 0.1) is 5.60 Å². The molecule has 202 valence electrons. The molecule has 3 nitrogen and oxygen atoms in total. The minimum Gasteiger partial charge on any atom is -0.390 e. The highest BCUT2D eigenvalue weighted by Crippen LogP contribution is 2.75. The van der Waals surface area contributed by atoms with Crippen molar-refractivity contribution in [3.63, 3.8) is 0 Å². The van der Waals surface area contributed by atoms with E-state index in [0.717, 1.165) is 25.7 Å². The summed E-state index contributed by atoms with van der Waals surface area (Å²) in [5.41, 5.74) is 1.52. The zero-order valence-electron chi connectivity index (χ0n) is 23.8. The highest BCUT2D eigenvalue weighted by molar-refractivity contribution is 7.13. The standard InChI is InChI=1S/C30H50O2.FH3NP/c1-20(2)10-9-16-30(8,32)22-13-18-28(6)21(22)11-12-24-27(5)17-15-25(31)26(3,4)23(27)14-19-29(24,28)7;1-2-3/h10,21-24,32H,9,11-19H2,1-8H3;2H,3H2/t21?,22-,23?,24?,27-,28+,29+,30-;/m0./s1. The number of rotatable bonds is 4. The summed E-state index contributed by atoms with van der Waals surface area (Å²) in [4.78, 5) is 12.8. The average Bonchev–Trinajstić information content (AvgIpc) is 3.11. The molecule has 2 N–H and O–H groups in total. The summed E-state index contributed by atoms with van der Waals surface area (Å²) < 4.78 is 10.0. The molecule has 0 spiro atoms. The van der Waals surface area contributed by atoms with Gasteiger partial charge in [0.15, 0.2) is 0 Å². The maximum Gasteiger partial charge on any atom is 0.138 e. The molecule has 0 radical (unpaired) electrons. The van der Waals surface area contributed by atoms with Crippen molar-refractivity contribution in [3.05, 3.63) is 11.6 Å². The van der Waals surface area contributed by atoms with Gasteiger partial charge in [-0.15, -0.1) is 9.79 Å². The molecule has 0 amide bonds. The van der Waals surface area contributed by atoms with Crippen molar-refractivity contribution in [2.45, 2.75) is 125 Å². The lowest BCUT2D eigenvalue weighted by atomic mass is 9.35. The van der Waals surface area contributed by atoms with Crippen molar-refractivity contribution in [1.82, 2.24) is 5.31 Å². The van der Waals surface area contributed by atoms with Gasteiger partial charge in [-0.2, -0.15) is 0 Å². The van der Waals surface area contributed by atoms with Crippen molar-refractivity contribution in [3.8, 4) is 0 Å². The molecule has 0 aromatic carbocycles. The predicted octanol–water partition coefficient (Wildman–Crippen LogP) is 7.99. The third-order valence-corrected chi connectivity index (χ3v) is 12.1. The Balaban J connectivity index is 0.00000108. The molecule has 5 heteroatoms. The summed E-state index contributed by atoms with van der Waals surface area (Å²) in [6.45, 7) is 18.7. The van der Waals surface area contributed by atoms with E-state index >= 15 is 0 Å². The van der Waals surface area contributed by atoms with Crippen LogP contribution in [-0.2, 0) is 4.79 Å². The lowest BCUT2D eigenvalue weighted by molar-refractivity contribution is -0.207. The molecule has 4 fully saturated rings. The first-order chi connectivity index (χ1) is 16.1. The number of hydrogen-bond acceptors (Lipinski definition) is 3. The molecule has 0 aromatic heterocycles. The summed E-state index contributed by atoms with van der Waals surface area (Å²) in [6, 6.07) is 0. The molecular weight excluding hydrogens is 456 g/mol. The highest BCUT2D eigenvalue weighted by atomic mass is 31.0. The molecule has 4 unspecified atom stereocenters. The Morgan fingerprint density at radius 3 is 2.26 bits per heavy atom. The van der Waals surface area contributed by atoms with Crippen LogP contribution in [0.3, 0.4) is 0 Å². The molecule has 4 aliphatic rings. The van der Waals surface area contributed by atoms with Gasteiger partial charge in [0.1, 0.15) is 5.78 Å². The molecule has 0 heterocycles. The van der Waals surface area contributed by atoms with Crippen LogP contribution in [0.2, 0.25) is 0 Å². The number of fused-ring (bicyclic) bond motifs is 5. The lowest BCUT2D eigenvalue weighted by Gasteiger charge is -2.69. The molecule has 0 aliphatic heterocycles. The Hall–Kier alpha value is -0.310. The van der Waals surface area contributed by atoms with Crippen LogP contribution in [-0.4, -0.2) is 16.5 Å². The molecule has 4 rings (SSSR count). The third kappa shape index (κ3) is 4.72. The van der Waals surface area contributed by atoms with Crippen LogP contribution < -0.4 is 5.31 Å². The van der Waals surface area contributed by atoms with Gasteiger partial charge in [-0.3, -0.25) is 4.79 Å². The van der Waals surface area contributed by atoms with Gasteiger partial charge in [-0.05, 0) is 128 Å². The monoisotopic (exact) mass is 509 g/mol. The van der Waals surface area contributed by atoms with E-state index in [0.29, 0.717) is 40.3 Å². The summed E-state index contributed by atoms with van der Waals surface area (Å²) >= 11 is 0. The van der Waals surface area contributed by atoms with Gasteiger partial charge in [-0.25, -0.2) is 0 Å². The Morgan fingerprint density at radius 2 is 1.66 bits per heavy atom. The fraction of sp³-hybridized carbons (Fsp3) is 0.900. The van der Waals surface area contributed by atoms with E-state index in [2.05, 4.69) is 61.5 Å². The number of carbonyl (C=O) groups is 1. The van der Waals surface area contributed by atoms with Crippen LogP contribution in [0, 0.1) is 45.3 Å². The van der Waals surface area contributed by atoms with E-state index in [1.54, 1.807) is 9.39 Å². The summed E-state index contributed by atoms with van der Waals surface area (Å²) in [5.74, 6) is 2.78. The second-order valence-electron chi connectivity index (χ2n) is 14.2. The molecule has 0 aromatic rings. The molecule has 4 saturated carbocycles. The van der Waals surface area contributed by atoms with E-state index in [9.17, 15) is 14.4 Å². The van der Waals surface area contributed by atoms with Crippen LogP contribution in [0.25, 0.3) is 0 Å².